The molecule has 0 radical (unpaired) electrons. The molecule has 214 valence electrons. The molecule has 1 aromatic carbocycles. The fourth-order valence-corrected chi connectivity index (χ4v) is 11.0. The molecule has 4 nitrogen and oxygen atoms in total. The third-order valence-electron chi connectivity index (χ3n) is 12.4. The van der Waals surface area contributed by atoms with Crippen LogP contribution in [0.2, 0.25) is 0 Å². The Kier molecular flexibility index (Phi) is 9.09. The van der Waals surface area contributed by atoms with Gasteiger partial charge in [0.15, 0.2) is 0 Å². The maximum atomic E-state index is 3.43. The Bertz CT molecular complexity index is 905. The molecule has 4 fully saturated rings. The molecule has 5 heteroatoms. The van der Waals surface area contributed by atoms with Crippen LogP contribution in [-0.4, -0.2) is 20.6 Å². The highest BCUT2D eigenvalue weighted by Crippen LogP contribution is 2.69. The van der Waals surface area contributed by atoms with Gasteiger partial charge >= 0.3 is 0 Å². The molecule has 1 aromatic rings. The standard InChI is InChI=1S/C33H56N4S/c1-7-24-22-27-30-16-15-28(33(30,4)20-17-31(27)32(3)19-9-8-10-29(24)32)23(2)18-21-34-35-36-38-26-13-11-25(12-14-26)37(5)6/h11-14,23-24,27-31,34-36H,7-10,15-22H2,1-6H3/t23-,24+,27?,28?,29?,30?,31+,32?,33?/m1/s1. The lowest BCUT2D eigenvalue weighted by Gasteiger charge is -2.63. The van der Waals surface area contributed by atoms with Gasteiger partial charge in [-0.15, -0.1) is 0 Å². The summed E-state index contributed by atoms with van der Waals surface area (Å²) >= 11 is 1.62. The van der Waals surface area contributed by atoms with Gasteiger partial charge in [0.05, 0.1) is 0 Å². The first-order valence-electron chi connectivity index (χ1n) is 15.9. The topological polar surface area (TPSA) is 39.3 Å². The van der Waals surface area contributed by atoms with Crippen molar-refractivity contribution < 1.29 is 0 Å². The van der Waals surface area contributed by atoms with E-state index in [1.165, 1.54) is 74.8 Å². The molecular formula is C33H56N4S. The quantitative estimate of drug-likeness (QED) is 0.159. The summed E-state index contributed by atoms with van der Waals surface area (Å²) in [5.74, 6) is 6.68. The van der Waals surface area contributed by atoms with E-state index in [0.717, 1.165) is 48.0 Å². The zero-order chi connectivity index (χ0) is 26.9. The lowest BCUT2D eigenvalue weighted by molar-refractivity contribution is -0.138. The van der Waals surface area contributed by atoms with Gasteiger partial charge in [-0.1, -0.05) is 47.0 Å². The van der Waals surface area contributed by atoms with Crippen LogP contribution in [0.3, 0.4) is 0 Å². The van der Waals surface area contributed by atoms with E-state index < -0.39 is 0 Å². The van der Waals surface area contributed by atoms with Crippen LogP contribution in [0.15, 0.2) is 29.2 Å². The summed E-state index contributed by atoms with van der Waals surface area (Å²) in [5, 5.41) is 0. The van der Waals surface area contributed by atoms with Gasteiger partial charge in [-0.05, 0) is 140 Å². The molecule has 0 saturated heterocycles. The van der Waals surface area contributed by atoms with E-state index in [1.807, 2.05) is 0 Å². The van der Waals surface area contributed by atoms with Gasteiger partial charge in [-0.3, -0.25) is 0 Å². The molecule has 0 aliphatic heterocycles. The molecule has 4 aliphatic rings. The first-order chi connectivity index (χ1) is 18.3. The third kappa shape index (κ3) is 5.43. The van der Waals surface area contributed by atoms with Crippen molar-refractivity contribution in [3.63, 3.8) is 0 Å². The van der Waals surface area contributed by atoms with Crippen molar-refractivity contribution in [1.82, 2.24) is 15.8 Å². The van der Waals surface area contributed by atoms with Crippen molar-refractivity contribution in [2.75, 3.05) is 25.5 Å². The van der Waals surface area contributed by atoms with Gasteiger partial charge < -0.3 is 4.90 Å². The molecule has 38 heavy (non-hydrogen) atoms. The SMILES string of the molecule is CC[C@H]1CC2C3CCC([C@H](C)CCNNNSc4ccc(N(C)C)cc4)C3(C)CC[C@@H]2C2(C)CCCCC12. The second kappa shape index (κ2) is 12.0. The zero-order valence-corrected chi connectivity index (χ0v) is 26.0. The van der Waals surface area contributed by atoms with E-state index in [0.29, 0.717) is 10.8 Å². The first-order valence-corrected chi connectivity index (χ1v) is 16.8. The highest BCUT2D eigenvalue weighted by Gasteiger charge is 2.61. The molecule has 0 aromatic heterocycles. The normalized spacial score (nSPS) is 39.2. The van der Waals surface area contributed by atoms with Gasteiger partial charge in [-0.25, -0.2) is 5.43 Å². The maximum Gasteiger partial charge on any atom is 0.0361 e. The van der Waals surface area contributed by atoms with Gasteiger partial charge in [0.25, 0.3) is 0 Å². The number of hydrazine groups is 2. The molecule has 6 unspecified atom stereocenters. The van der Waals surface area contributed by atoms with Gasteiger partial charge in [-0.2, -0.15) is 10.4 Å². The largest absolute Gasteiger partial charge is 0.378 e. The number of benzene rings is 1. The average molecular weight is 541 g/mol. The van der Waals surface area contributed by atoms with Crippen LogP contribution in [0.5, 0.6) is 0 Å². The van der Waals surface area contributed by atoms with E-state index in [1.54, 1.807) is 18.4 Å². The van der Waals surface area contributed by atoms with Crippen molar-refractivity contribution in [2.45, 2.75) is 103 Å². The third-order valence-corrected chi connectivity index (χ3v) is 13.1. The molecule has 3 N–H and O–H groups in total. The van der Waals surface area contributed by atoms with E-state index >= 15 is 0 Å². The van der Waals surface area contributed by atoms with Crippen LogP contribution in [0.25, 0.3) is 0 Å². The molecule has 5 rings (SSSR count). The highest BCUT2D eigenvalue weighted by atomic mass is 32.2. The van der Waals surface area contributed by atoms with Crippen LogP contribution < -0.4 is 20.7 Å². The van der Waals surface area contributed by atoms with Crippen molar-refractivity contribution in [3.8, 4) is 0 Å². The number of rotatable bonds is 10. The van der Waals surface area contributed by atoms with Crippen LogP contribution in [-0.2, 0) is 0 Å². The Morgan fingerprint density at radius 2 is 1.71 bits per heavy atom. The Morgan fingerprint density at radius 3 is 2.45 bits per heavy atom. The minimum atomic E-state index is 0.566. The van der Waals surface area contributed by atoms with Crippen molar-refractivity contribution in [2.24, 2.45) is 52.3 Å². The molecule has 0 heterocycles. The summed E-state index contributed by atoms with van der Waals surface area (Å²) in [6, 6.07) is 8.64. The van der Waals surface area contributed by atoms with Crippen molar-refractivity contribution in [3.05, 3.63) is 24.3 Å². The van der Waals surface area contributed by atoms with Crippen LogP contribution in [0, 0.1) is 52.3 Å². The van der Waals surface area contributed by atoms with Crippen LogP contribution >= 0.6 is 11.9 Å². The summed E-state index contributed by atoms with van der Waals surface area (Å²) < 4.78 is 0. The van der Waals surface area contributed by atoms with Crippen molar-refractivity contribution >= 4 is 17.6 Å². The summed E-state index contributed by atoms with van der Waals surface area (Å²) in [5.41, 5.74) is 9.08. The minimum absolute atomic E-state index is 0.566. The lowest BCUT2D eigenvalue weighted by atomic mass is 9.42. The summed E-state index contributed by atoms with van der Waals surface area (Å²) in [6.07, 6.45) is 16.2. The van der Waals surface area contributed by atoms with E-state index in [9.17, 15) is 0 Å². The van der Waals surface area contributed by atoms with Crippen molar-refractivity contribution in [1.29, 1.82) is 0 Å². The Morgan fingerprint density at radius 1 is 0.947 bits per heavy atom. The lowest BCUT2D eigenvalue weighted by Crippen LogP contribution is -2.55. The molecule has 4 aliphatic carbocycles. The second-order valence-corrected chi connectivity index (χ2v) is 15.2. The van der Waals surface area contributed by atoms with Crippen LogP contribution in [0.1, 0.15) is 98.3 Å². The second-order valence-electron chi connectivity index (χ2n) is 14.3. The van der Waals surface area contributed by atoms with E-state index in [4.69, 9.17) is 0 Å². The number of hydrogen-bond donors (Lipinski definition) is 3. The molecule has 0 spiro atoms. The Balaban J connectivity index is 1.11. The van der Waals surface area contributed by atoms with Gasteiger partial charge in [0.2, 0.25) is 0 Å². The fraction of sp³-hybridized carbons (Fsp3) is 0.818. The smallest absolute Gasteiger partial charge is 0.0361 e. The number of hydrogen-bond acceptors (Lipinski definition) is 5. The monoisotopic (exact) mass is 540 g/mol. The number of nitrogens with one attached hydrogen (secondary N) is 3. The molecule has 9 atom stereocenters. The van der Waals surface area contributed by atoms with E-state index in [-0.39, 0.29) is 0 Å². The van der Waals surface area contributed by atoms with Gasteiger partial charge in [0, 0.05) is 31.2 Å². The molecule has 4 saturated carbocycles. The van der Waals surface area contributed by atoms with E-state index in [2.05, 4.69) is 86.7 Å². The summed E-state index contributed by atoms with van der Waals surface area (Å²) in [7, 11) is 4.15. The summed E-state index contributed by atoms with van der Waals surface area (Å²) in [4.78, 5) is 6.59. The Labute approximate surface area is 238 Å². The highest BCUT2D eigenvalue weighted by molar-refractivity contribution is 7.97. The molecule has 0 amide bonds. The first kappa shape index (κ1) is 28.8. The van der Waals surface area contributed by atoms with Crippen LogP contribution in [0.4, 0.5) is 5.69 Å². The maximum absolute atomic E-state index is 3.43. The predicted octanol–water partition coefficient (Wildman–Crippen LogP) is 8.07. The minimum Gasteiger partial charge on any atom is -0.378 e. The number of nitrogens with zero attached hydrogens (tertiary/aromatic N) is 1. The molecule has 0 bridgehead atoms. The Hall–Kier alpha value is -0.750. The summed E-state index contributed by atoms with van der Waals surface area (Å²) in [6.45, 7) is 11.5. The number of anilines is 1. The fourth-order valence-electron chi connectivity index (χ4n) is 10.5. The molecular weight excluding hydrogens is 484 g/mol. The predicted molar refractivity (Wildman–Crippen MR) is 164 cm³/mol. The van der Waals surface area contributed by atoms with Gasteiger partial charge in [0.1, 0.15) is 0 Å². The zero-order valence-electron chi connectivity index (χ0n) is 25.2. The average Bonchev–Trinajstić information content (AvgIpc) is 3.27. The number of fused-ring (bicyclic) bond motifs is 5.